The molecule has 22 heavy (non-hydrogen) atoms. The molecule has 1 aliphatic carbocycles. The van der Waals surface area contributed by atoms with Crippen molar-refractivity contribution in [1.82, 2.24) is 15.3 Å². The minimum atomic E-state index is -0.145. The average molecular weight is 317 g/mol. The quantitative estimate of drug-likeness (QED) is 0.847. The van der Waals surface area contributed by atoms with E-state index in [9.17, 15) is 4.79 Å². The van der Waals surface area contributed by atoms with E-state index in [2.05, 4.69) is 20.6 Å². The van der Waals surface area contributed by atoms with Crippen molar-refractivity contribution in [2.75, 3.05) is 12.4 Å². The van der Waals surface area contributed by atoms with Crippen LogP contribution in [0.25, 0.3) is 0 Å². The number of carbonyl (C=O) groups excluding carboxylic acids is 1. The number of hydrogen-bond acceptors (Lipinski definition) is 4. The molecule has 1 aromatic carbocycles. The van der Waals surface area contributed by atoms with Gasteiger partial charge in [-0.25, -0.2) is 9.97 Å². The fourth-order valence-electron chi connectivity index (χ4n) is 2.54. The molecule has 1 aliphatic rings. The van der Waals surface area contributed by atoms with Crippen molar-refractivity contribution >= 4 is 29.0 Å². The summed E-state index contributed by atoms with van der Waals surface area (Å²) < 4.78 is 0. The molecule has 1 fully saturated rings. The lowest BCUT2D eigenvalue weighted by Crippen LogP contribution is -2.19. The van der Waals surface area contributed by atoms with Crippen molar-refractivity contribution in [2.24, 2.45) is 0 Å². The van der Waals surface area contributed by atoms with Gasteiger partial charge in [-0.15, -0.1) is 0 Å². The molecule has 0 aliphatic heterocycles. The number of nitrogens with zero attached hydrogens (tertiary/aromatic N) is 2. The Morgan fingerprint density at radius 3 is 2.77 bits per heavy atom. The Hall–Kier alpha value is -2.14. The summed E-state index contributed by atoms with van der Waals surface area (Å²) in [6, 6.07) is 7.33. The van der Waals surface area contributed by atoms with Crippen molar-refractivity contribution in [3.8, 4) is 0 Å². The smallest absolute Gasteiger partial charge is 0.253 e. The third-order valence-electron chi connectivity index (χ3n) is 3.98. The number of anilines is 2. The lowest BCUT2D eigenvalue weighted by Gasteiger charge is -2.27. The molecular weight excluding hydrogens is 300 g/mol. The second-order valence-electron chi connectivity index (χ2n) is 5.32. The Balaban J connectivity index is 1.96. The molecular formula is C16H17ClN4O. The van der Waals surface area contributed by atoms with Crippen LogP contribution >= 0.6 is 11.6 Å². The number of hydrogen-bond donors (Lipinski definition) is 2. The predicted molar refractivity (Wildman–Crippen MR) is 86.7 cm³/mol. The highest BCUT2D eigenvalue weighted by Crippen LogP contribution is 2.40. The molecule has 2 aromatic rings. The maximum Gasteiger partial charge on any atom is 0.253 e. The molecule has 0 radical (unpaired) electrons. The van der Waals surface area contributed by atoms with Gasteiger partial charge in [0.15, 0.2) is 0 Å². The van der Waals surface area contributed by atoms with E-state index < -0.39 is 0 Å². The van der Waals surface area contributed by atoms with Gasteiger partial charge >= 0.3 is 0 Å². The van der Waals surface area contributed by atoms with Crippen LogP contribution in [-0.4, -0.2) is 22.9 Å². The fraction of sp³-hybridized carbons (Fsp3) is 0.312. The largest absolute Gasteiger partial charge is 0.355 e. The minimum Gasteiger partial charge on any atom is -0.355 e. The van der Waals surface area contributed by atoms with Crippen molar-refractivity contribution in [2.45, 2.75) is 25.2 Å². The lowest BCUT2D eigenvalue weighted by molar-refractivity contribution is 0.0964. The van der Waals surface area contributed by atoms with Crippen LogP contribution in [-0.2, 0) is 0 Å². The third-order valence-corrected chi connectivity index (χ3v) is 4.17. The Morgan fingerprint density at radius 2 is 2.09 bits per heavy atom. The molecule has 1 heterocycles. The molecule has 2 N–H and O–H groups in total. The first-order chi connectivity index (χ1) is 10.7. The van der Waals surface area contributed by atoms with Gasteiger partial charge in [-0.1, -0.05) is 18.6 Å². The first kappa shape index (κ1) is 14.8. The number of aromatic nitrogens is 2. The van der Waals surface area contributed by atoms with Crippen LogP contribution in [0.4, 0.5) is 11.5 Å². The fourth-order valence-corrected chi connectivity index (χ4v) is 2.67. The molecule has 6 heteroatoms. The summed E-state index contributed by atoms with van der Waals surface area (Å²) in [4.78, 5) is 20.4. The second-order valence-corrected chi connectivity index (χ2v) is 5.66. The van der Waals surface area contributed by atoms with Crippen LogP contribution in [0.5, 0.6) is 0 Å². The Labute approximate surface area is 134 Å². The van der Waals surface area contributed by atoms with Gasteiger partial charge in [0.25, 0.3) is 5.91 Å². The summed E-state index contributed by atoms with van der Waals surface area (Å²) in [5.41, 5.74) is 2.33. The summed E-state index contributed by atoms with van der Waals surface area (Å²) >= 11 is 5.94. The molecule has 0 spiro atoms. The first-order valence-electron chi connectivity index (χ1n) is 7.29. The maximum absolute atomic E-state index is 12.0. The average Bonchev–Trinajstić information content (AvgIpc) is 2.48. The topological polar surface area (TPSA) is 66.9 Å². The number of carbonyl (C=O) groups is 1. The number of para-hydroxylation sites is 1. The second kappa shape index (κ2) is 6.32. The van der Waals surface area contributed by atoms with E-state index in [1.54, 1.807) is 19.3 Å². The molecule has 1 aromatic heterocycles. The standard InChI is InChI=1S/C16H17ClN4O/c1-18-15(22)11-7-2-3-8-13(11)20-14-12(10-5-4-6-10)9-19-16(17)21-14/h2-3,7-10H,4-6H2,1H3,(H,18,22)(H,19,20,21). The van der Waals surface area contributed by atoms with Gasteiger partial charge in [0, 0.05) is 18.8 Å². The zero-order chi connectivity index (χ0) is 15.5. The van der Waals surface area contributed by atoms with Crippen LogP contribution in [0, 0.1) is 0 Å². The molecule has 5 nitrogen and oxygen atoms in total. The van der Waals surface area contributed by atoms with E-state index in [-0.39, 0.29) is 11.2 Å². The van der Waals surface area contributed by atoms with Crippen LogP contribution in [0.1, 0.15) is 41.1 Å². The highest BCUT2D eigenvalue weighted by Gasteiger charge is 2.24. The number of benzene rings is 1. The summed E-state index contributed by atoms with van der Waals surface area (Å²) in [5.74, 6) is 1.00. The first-order valence-corrected chi connectivity index (χ1v) is 7.67. The van der Waals surface area contributed by atoms with Crippen LogP contribution in [0.3, 0.4) is 0 Å². The number of halogens is 1. The number of nitrogens with one attached hydrogen (secondary N) is 2. The Morgan fingerprint density at radius 1 is 1.32 bits per heavy atom. The zero-order valence-corrected chi connectivity index (χ0v) is 13.0. The molecule has 0 atom stereocenters. The summed E-state index contributed by atoms with van der Waals surface area (Å²) in [5, 5.41) is 6.09. The minimum absolute atomic E-state index is 0.145. The molecule has 1 saturated carbocycles. The van der Waals surface area contributed by atoms with Crippen molar-refractivity contribution in [3.63, 3.8) is 0 Å². The van der Waals surface area contributed by atoms with Gasteiger partial charge in [0.05, 0.1) is 11.3 Å². The maximum atomic E-state index is 12.0. The summed E-state index contributed by atoms with van der Waals surface area (Å²) in [7, 11) is 1.61. The summed E-state index contributed by atoms with van der Waals surface area (Å²) in [6.07, 6.45) is 5.28. The van der Waals surface area contributed by atoms with E-state index in [1.165, 1.54) is 6.42 Å². The molecule has 3 rings (SSSR count). The SMILES string of the molecule is CNC(=O)c1ccccc1Nc1nc(Cl)ncc1C1CCC1. The van der Waals surface area contributed by atoms with Crippen molar-refractivity contribution < 1.29 is 4.79 Å². The van der Waals surface area contributed by atoms with Gasteiger partial charge in [-0.2, -0.15) is 0 Å². The van der Waals surface area contributed by atoms with E-state index in [0.717, 1.165) is 18.4 Å². The van der Waals surface area contributed by atoms with Gasteiger partial charge in [-0.05, 0) is 42.5 Å². The van der Waals surface area contributed by atoms with E-state index in [0.29, 0.717) is 23.0 Å². The Bertz CT molecular complexity index is 700. The summed E-state index contributed by atoms with van der Waals surface area (Å²) in [6.45, 7) is 0. The van der Waals surface area contributed by atoms with Gasteiger partial charge in [-0.3, -0.25) is 4.79 Å². The monoisotopic (exact) mass is 316 g/mol. The van der Waals surface area contributed by atoms with E-state index in [4.69, 9.17) is 11.6 Å². The third kappa shape index (κ3) is 2.90. The van der Waals surface area contributed by atoms with Crippen molar-refractivity contribution in [1.29, 1.82) is 0 Å². The van der Waals surface area contributed by atoms with E-state index in [1.807, 2.05) is 18.2 Å². The van der Waals surface area contributed by atoms with Gasteiger partial charge < -0.3 is 10.6 Å². The van der Waals surface area contributed by atoms with Crippen LogP contribution < -0.4 is 10.6 Å². The normalized spacial score (nSPS) is 14.3. The van der Waals surface area contributed by atoms with Gasteiger partial charge in [0.2, 0.25) is 5.28 Å². The molecule has 114 valence electrons. The number of rotatable bonds is 4. The molecule has 0 saturated heterocycles. The number of amides is 1. The molecule has 0 unspecified atom stereocenters. The molecule has 0 bridgehead atoms. The predicted octanol–water partition coefficient (Wildman–Crippen LogP) is 3.50. The highest BCUT2D eigenvalue weighted by molar-refractivity contribution is 6.28. The van der Waals surface area contributed by atoms with E-state index >= 15 is 0 Å². The van der Waals surface area contributed by atoms with Crippen LogP contribution in [0.15, 0.2) is 30.5 Å². The van der Waals surface area contributed by atoms with Gasteiger partial charge in [0.1, 0.15) is 5.82 Å². The van der Waals surface area contributed by atoms with Crippen LogP contribution in [0.2, 0.25) is 5.28 Å². The molecule has 1 amide bonds. The lowest BCUT2D eigenvalue weighted by atomic mass is 9.81. The Kier molecular flexibility index (Phi) is 4.24. The van der Waals surface area contributed by atoms with Crippen molar-refractivity contribution in [3.05, 3.63) is 46.9 Å². The highest BCUT2D eigenvalue weighted by atomic mass is 35.5. The zero-order valence-electron chi connectivity index (χ0n) is 12.3.